The minimum Gasteiger partial charge on any atom is -0.271 e. The van der Waals surface area contributed by atoms with E-state index in [9.17, 15) is 4.21 Å². The Kier molecular flexibility index (Phi) is 4.93. The van der Waals surface area contributed by atoms with Gasteiger partial charge in [-0.05, 0) is 37.1 Å². The first-order valence-corrected chi connectivity index (χ1v) is 8.96. The van der Waals surface area contributed by atoms with Crippen LogP contribution < -0.4 is 0 Å². The van der Waals surface area contributed by atoms with Crippen LogP contribution in [0, 0.1) is 6.92 Å². The fraction of sp³-hybridized carbons (Fsp3) is 0.143. The van der Waals surface area contributed by atoms with Crippen LogP contribution in [0.2, 0.25) is 0 Å². The van der Waals surface area contributed by atoms with E-state index in [0.717, 1.165) is 16.7 Å². The highest BCUT2D eigenvalue weighted by Crippen LogP contribution is 2.35. The number of aryl methyl sites for hydroxylation is 1. The lowest BCUT2D eigenvalue weighted by molar-refractivity contribution is 0.154. The van der Waals surface area contributed by atoms with Gasteiger partial charge >= 0.3 is 0 Å². The summed E-state index contributed by atoms with van der Waals surface area (Å²) >= 11 is -1.56. The van der Waals surface area contributed by atoms with Crippen molar-refractivity contribution in [3.63, 3.8) is 0 Å². The normalized spacial score (nSPS) is 12.8. The third kappa shape index (κ3) is 3.48. The molecule has 0 radical (unpaired) electrons. The maximum atomic E-state index is 12.8. The van der Waals surface area contributed by atoms with Crippen molar-refractivity contribution in [3.8, 4) is 0 Å². The zero-order valence-corrected chi connectivity index (χ0v) is 14.6. The fourth-order valence-electron chi connectivity index (χ4n) is 2.62. The lowest BCUT2D eigenvalue weighted by Crippen LogP contribution is -2.28. The summed E-state index contributed by atoms with van der Waals surface area (Å²) in [5.74, 6) is 0. The zero-order valence-electron chi connectivity index (χ0n) is 13.8. The molecular weight excluding hydrogens is 316 g/mol. The van der Waals surface area contributed by atoms with Crippen molar-refractivity contribution in [2.45, 2.75) is 24.3 Å². The maximum Gasteiger partial charge on any atom is 0.190 e. The molecule has 3 rings (SSSR count). The van der Waals surface area contributed by atoms with Crippen LogP contribution in [0.4, 0.5) is 0 Å². The van der Waals surface area contributed by atoms with Crippen molar-refractivity contribution in [1.82, 2.24) is 0 Å². The molecule has 1 unspecified atom stereocenters. The number of benzene rings is 3. The third-order valence-corrected chi connectivity index (χ3v) is 5.25. The van der Waals surface area contributed by atoms with Gasteiger partial charge in [0.05, 0.1) is 4.90 Å². The third-order valence-electron chi connectivity index (χ3n) is 4.11. The summed E-state index contributed by atoms with van der Waals surface area (Å²) in [6, 6.07) is 27.4. The van der Waals surface area contributed by atoms with Gasteiger partial charge in [-0.2, -0.15) is 0 Å². The van der Waals surface area contributed by atoms with Crippen LogP contribution in [0.5, 0.6) is 0 Å². The van der Waals surface area contributed by atoms with Gasteiger partial charge in [0.15, 0.2) is 11.1 Å². The van der Waals surface area contributed by atoms with Gasteiger partial charge in [-0.1, -0.05) is 78.4 Å². The number of hydrogen-bond donors (Lipinski definition) is 0. The summed E-state index contributed by atoms with van der Waals surface area (Å²) in [6.45, 7) is 3.97. The van der Waals surface area contributed by atoms with E-state index < -0.39 is 16.7 Å². The Bertz CT molecular complexity index is 772. The van der Waals surface area contributed by atoms with E-state index in [1.165, 1.54) is 0 Å². The van der Waals surface area contributed by atoms with Crippen LogP contribution in [0.3, 0.4) is 0 Å². The highest BCUT2D eigenvalue weighted by molar-refractivity contribution is 7.80. The quantitative estimate of drug-likeness (QED) is 0.655. The van der Waals surface area contributed by atoms with Gasteiger partial charge in [0.25, 0.3) is 0 Å². The van der Waals surface area contributed by atoms with Crippen LogP contribution >= 0.6 is 0 Å². The highest BCUT2D eigenvalue weighted by atomic mass is 32.2. The first kappa shape index (κ1) is 16.6. The summed E-state index contributed by atoms with van der Waals surface area (Å²) in [5.41, 5.74) is 2.27. The summed E-state index contributed by atoms with van der Waals surface area (Å²) in [4.78, 5) is 0.665. The van der Waals surface area contributed by atoms with Gasteiger partial charge in [-0.3, -0.25) is 4.18 Å². The summed E-state index contributed by atoms with van der Waals surface area (Å²) in [7, 11) is 0. The average Bonchev–Trinajstić information content (AvgIpc) is 2.63. The Labute approximate surface area is 145 Å². The Morgan fingerprint density at radius 3 is 1.67 bits per heavy atom. The Hall–Kier alpha value is -2.23. The molecule has 3 aromatic carbocycles. The van der Waals surface area contributed by atoms with Gasteiger partial charge in [-0.15, -0.1) is 0 Å². The van der Waals surface area contributed by atoms with Crippen LogP contribution in [-0.2, 0) is 20.9 Å². The molecule has 0 aliphatic rings. The van der Waals surface area contributed by atoms with Crippen LogP contribution in [0.25, 0.3) is 0 Å². The summed E-state index contributed by atoms with van der Waals surface area (Å²) in [5, 5.41) is 0. The predicted molar refractivity (Wildman–Crippen MR) is 98.0 cm³/mol. The van der Waals surface area contributed by atoms with Crippen LogP contribution in [0.1, 0.15) is 23.6 Å². The first-order valence-electron chi connectivity index (χ1n) is 7.88. The van der Waals surface area contributed by atoms with Crippen molar-refractivity contribution in [3.05, 3.63) is 102 Å². The molecule has 2 nitrogen and oxygen atoms in total. The van der Waals surface area contributed by atoms with E-state index in [2.05, 4.69) is 0 Å². The molecule has 0 spiro atoms. The molecule has 0 heterocycles. The zero-order chi connectivity index (χ0) is 17.0. The monoisotopic (exact) mass is 336 g/mol. The van der Waals surface area contributed by atoms with Crippen molar-refractivity contribution in [1.29, 1.82) is 0 Å². The van der Waals surface area contributed by atoms with Crippen molar-refractivity contribution >= 4 is 11.1 Å². The molecule has 0 fully saturated rings. The second-order valence-corrected chi connectivity index (χ2v) is 7.00. The standard InChI is InChI=1S/C21H20O2S/c1-17-13-15-20(16-14-17)24(22)23-21(2,18-9-5-3-6-10-18)19-11-7-4-8-12-19/h3-16H,1-2H3. The van der Waals surface area contributed by atoms with Crippen LogP contribution in [0.15, 0.2) is 89.8 Å². The van der Waals surface area contributed by atoms with E-state index in [4.69, 9.17) is 4.18 Å². The molecule has 0 aliphatic heterocycles. The number of hydrogen-bond acceptors (Lipinski definition) is 2. The molecule has 3 heteroatoms. The van der Waals surface area contributed by atoms with E-state index in [1.54, 1.807) is 0 Å². The van der Waals surface area contributed by atoms with Crippen molar-refractivity contribution in [2.24, 2.45) is 0 Å². The minimum atomic E-state index is -1.56. The molecule has 3 aromatic rings. The predicted octanol–water partition coefficient (Wildman–Crippen LogP) is 5.00. The van der Waals surface area contributed by atoms with E-state index in [-0.39, 0.29) is 0 Å². The SMILES string of the molecule is Cc1ccc(S(=O)OC(C)(c2ccccc2)c2ccccc2)cc1. The smallest absolute Gasteiger partial charge is 0.190 e. The Morgan fingerprint density at radius 1 is 0.750 bits per heavy atom. The molecule has 0 saturated carbocycles. The van der Waals surface area contributed by atoms with E-state index in [1.807, 2.05) is 98.8 Å². The molecule has 0 bridgehead atoms. The largest absolute Gasteiger partial charge is 0.271 e. The van der Waals surface area contributed by atoms with E-state index >= 15 is 0 Å². The lowest BCUT2D eigenvalue weighted by atomic mass is 9.88. The van der Waals surface area contributed by atoms with Gasteiger partial charge in [0.2, 0.25) is 0 Å². The maximum absolute atomic E-state index is 12.8. The van der Waals surface area contributed by atoms with Gasteiger partial charge in [0, 0.05) is 0 Å². The van der Waals surface area contributed by atoms with Gasteiger partial charge < -0.3 is 0 Å². The molecule has 1 atom stereocenters. The average molecular weight is 336 g/mol. The molecule has 0 N–H and O–H groups in total. The van der Waals surface area contributed by atoms with Gasteiger partial charge in [0.1, 0.15) is 5.60 Å². The fourth-order valence-corrected chi connectivity index (χ4v) is 3.57. The number of rotatable bonds is 5. The minimum absolute atomic E-state index is 0.665. The highest BCUT2D eigenvalue weighted by Gasteiger charge is 2.33. The van der Waals surface area contributed by atoms with Crippen LogP contribution in [-0.4, -0.2) is 4.21 Å². The second kappa shape index (κ2) is 7.12. The molecule has 0 aliphatic carbocycles. The molecule has 0 saturated heterocycles. The summed E-state index contributed by atoms with van der Waals surface area (Å²) in [6.07, 6.45) is 0. The topological polar surface area (TPSA) is 26.3 Å². The van der Waals surface area contributed by atoms with E-state index in [0.29, 0.717) is 4.90 Å². The van der Waals surface area contributed by atoms with Gasteiger partial charge in [-0.25, -0.2) is 4.21 Å². The molecule has 24 heavy (non-hydrogen) atoms. The van der Waals surface area contributed by atoms with Crippen molar-refractivity contribution in [2.75, 3.05) is 0 Å². The Morgan fingerprint density at radius 2 is 1.21 bits per heavy atom. The molecule has 122 valence electrons. The van der Waals surface area contributed by atoms with Crippen molar-refractivity contribution < 1.29 is 8.39 Å². The molecular formula is C21H20O2S. The lowest BCUT2D eigenvalue weighted by Gasteiger charge is -2.30. The molecule has 0 amide bonds. The second-order valence-electron chi connectivity index (χ2n) is 5.90. The Balaban J connectivity index is 2.00. The first-order chi connectivity index (χ1) is 11.6. The summed E-state index contributed by atoms with van der Waals surface area (Å²) < 4.78 is 18.9. The molecule has 0 aromatic heterocycles.